The summed E-state index contributed by atoms with van der Waals surface area (Å²) in [5.41, 5.74) is 3.51. The Morgan fingerprint density at radius 3 is 2.89 bits per heavy atom. The summed E-state index contributed by atoms with van der Waals surface area (Å²) < 4.78 is 5.82. The molecule has 2 atom stereocenters. The molecule has 0 radical (unpaired) electrons. The maximum atomic E-state index is 12.6. The first-order valence-corrected chi connectivity index (χ1v) is 10.4. The third-order valence-corrected chi connectivity index (χ3v) is 5.73. The number of rotatable bonds is 6. The Bertz CT molecular complexity index is 763. The predicted molar refractivity (Wildman–Crippen MR) is 105 cm³/mol. The third kappa shape index (κ3) is 4.56. The molecule has 0 aromatic carbocycles. The van der Waals surface area contributed by atoms with E-state index in [4.69, 9.17) is 16.3 Å². The van der Waals surface area contributed by atoms with Crippen LogP contribution in [0.25, 0.3) is 0 Å². The number of nitrogens with zero attached hydrogens (tertiary/aromatic N) is 3. The van der Waals surface area contributed by atoms with Gasteiger partial charge in [0.1, 0.15) is 16.6 Å². The van der Waals surface area contributed by atoms with Gasteiger partial charge in [0.15, 0.2) is 0 Å². The number of aliphatic imine (C=N–C) groups is 1. The fourth-order valence-electron chi connectivity index (χ4n) is 3.29. The van der Waals surface area contributed by atoms with Gasteiger partial charge < -0.3 is 15.0 Å². The minimum absolute atomic E-state index is 0.102. The van der Waals surface area contributed by atoms with Crippen LogP contribution >= 0.6 is 22.9 Å². The number of carbonyl (C=O) groups excluding carboxylic acids is 2. The number of likely N-dealkylation sites (tertiary alicyclic amines) is 1. The molecule has 1 aromatic heterocycles. The molecule has 9 heteroatoms. The molecule has 0 saturated carbocycles. The Kier molecular flexibility index (Phi) is 6.62. The van der Waals surface area contributed by atoms with E-state index in [2.05, 4.69) is 15.3 Å². The van der Waals surface area contributed by atoms with Gasteiger partial charge in [0.25, 0.3) is 11.8 Å². The summed E-state index contributed by atoms with van der Waals surface area (Å²) in [7, 11) is 0. The van der Waals surface area contributed by atoms with Gasteiger partial charge >= 0.3 is 0 Å². The van der Waals surface area contributed by atoms with Crippen molar-refractivity contribution in [3.8, 4) is 0 Å². The van der Waals surface area contributed by atoms with Crippen molar-refractivity contribution in [2.75, 3.05) is 19.7 Å². The van der Waals surface area contributed by atoms with Crippen LogP contribution in [0.2, 0.25) is 0 Å². The van der Waals surface area contributed by atoms with E-state index in [1.807, 2.05) is 13.8 Å². The van der Waals surface area contributed by atoms with E-state index in [1.165, 1.54) is 11.3 Å². The molecule has 1 saturated heterocycles. The molecule has 1 N–H and O–H groups in total. The smallest absolute Gasteiger partial charge is 0.273 e. The number of piperidine rings is 1. The first kappa shape index (κ1) is 20.0. The molecule has 3 heterocycles. The van der Waals surface area contributed by atoms with Gasteiger partial charge in [-0.2, -0.15) is 0 Å². The van der Waals surface area contributed by atoms with Crippen molar-refractivity contribution >= 4 is 40.5 Å². The number of amides is 2. The Labute approximate surface area is 167 Å². The van der Waals surface area contributed by atoms with Gasteiger partial charge in [-0.15, -0.1) is 11.3 Å². The molecule has 2 aliphatic heterocycles. The molecule has 146 valence electrons. The number of thiazole rings is 1. The number of halogens is 1. The van der Waals surface area contributed by atoms with E-state index in [9.17, 15) is 9.59 Å². The monoisotopic (exact) mass is 410 g/mol. The van der Waals surface area contributed by atoms with Gasteiger partial charge in [0.05, 0.1) is 17.7 Å². The SMILES string of the molecule is CCO[C@H]1CN(C(=O)c2cscn2)CC[C@H]1NC(=O)C1=NC(Cl)=C(CC)C1. The summed E-state index contributed by atoms with van der Waals surface area (Å²) in [6.07, 6.45) is 1.60. The molecule has 7 nitrogen and oxygen atoms in total. The second-order valence-electron chi connectivity index (χ2n) is 6.47. The summed E-state index contributed by atoms with van der Waals surface area (Å²) in [4.78, 5) is 35.2. The molecule has 0 unspecified atom stereocenters. The second-order valence-corrected chi connectivity index (χ2v) is 7.55. The minimum atomic E-state index is -0.272. The molecule has 0 aliphatic carbocycles. The van der Waals surface area contributed by atoms with E-state index in [1.54, 1.807) is 15.8 Å². The zero-order chi connectivity index (χ0) is 19.4. The average Bonchev–Trinajstić information content (AvgIpc) is 3.32. The standard InChI is InChI=1S/C18H23ClN4O3S/c1-3-11-7-13(21-16(11)19)17(24)22-12-5-6-23(8-15(12)26-4-2)18(25)14-9-27-10-20-14/h9-10,12,15H,3-8H2,1-2H3,(H,22,24)/t12-,15+/m1/s1. The Balaban J connectivity index is 1.62. The van der Waals surface area contributed by atoms with Crippen LogP contribution in [0.4, 0.5) is 0 Å². The van der Waals surface area contributed by atoms with Crippen molar-refractivity contribution in [3.05, 3.63) is 27.3 Å². The molecule has 0 bridgehead atoms. The first-order valence-electron chi connectivity index (χ1n) is 9.08. The highest BCUT2D eigenvalue weighted by Gasteiger charge is 2.35. The summed E-state index contributed by atoms with van der Waals surface area (Å²) in [6.45, 7) is 5.36. The molecule has 1 aromatic rings. The number of hydrogen-bond donors (Lipinski definition) is 1. The number of allylic oxidation sites excluding steroid dienone is 1. The van der Waals surface area contributed by atoms with Crippen LogP contribution in [-0.2, 0) is 9.53 Å². The molecule has 2 aliphatic rings. The molecule has 3 rings (SSSR count). The number of hydrogen-bond acceptors (Lipinski definition) is 6. The van der Waals surface area contributed by atoms with Crippen molar-refractivity contribution in [1.82, 2.24) is 15.2 Å². The molecule has 1 fully saturated rings. The van der Waals surface area contributed by atoms with Crippen molar-refractivity contribution < 1.29 is 14.3 Å². The summed E-state index contributed by atoms with van der Waals surface area (Å²) in [6, 6.07) is -0.177. The topological polar surface area (TPSA) is 83.9 Å². The fourth-order valence-corrected chi connectivity index (χ4v) is 4.12. The average molecular weight is 411 g/mol. The van der Waals surface area contributed by atoms with E-state index < -0.39 is 0 Å². The van der Waals surface area contributed by atoms with Crippen molar-refractivity contribution in [2.24, 2.45) is 4.99 Å². The van der Waals surface area contributed by atoms with Crippen LogP contribution < -0.4 is 5.32 Å². The minimum Gasteiger partial charge on any atom is -0.375 e. The van der Waals surface area contributed by atoms with Crippen LogP contribution in [0.15, 0.2) is 26.6 Å². The Morgan fingerprint density at radius 2 is 2.26 bits per heavy atom. The quantitative estimate of drug-likeness (QED) is 0.730. The Morgan fingerprint density at radius 1 is 1.44 bits per heavy atom. The highest BCUT2D eigenvalue weighted by molar-refractivity contribution is 7.07. The predicted octanol–water partition coefficient (Wildman–Crippen LogP) is 2.58. The first-order chi connectivity index (χ1) is 13.0. The summed E-state index contributed by atoms with van der Waals surface area (Å²) in [5, 5.41) is 5.19. The van der Waals surface area contributed by atoms with Crippen molar-refractivity contribution in [1.29, 1.82) is 0 Å². The van der Waals surface area contributed by atoms with E-state index in [-0.39, 0.29) is 24.0 Å². The third-order valence-electron chi connectivity index (χ3n) is 4.79. The lowest BCUT2D eigenvalue weighted by atomic mass is 10.0. The summed E-state index contributed by atoms with van der Waals surface area (Å²) >= 11 is 7.47. The zero-order valence-corrected chi connectivity index (χ0v) is 17.0. The summed E-state index contributed by atoms with van der Waals surface area (Å²) in [5.74, 6) is -0.319. The van der Waals surface area contributed by atoms with Crippen LogP contribution in [0.3, 0.4) is 0 Å². The zero-order valence-electron chi connectivity index (χ0n) is 15.4. The number of nitrogens with one attached hydrogen (secondary N) is 1. The van der Waals surface area contributed by atoms with E-state index in [0.29, 0.717) is 49.1 Å². The van der Waals surface area contributed by atoms with Gasteiger partial charge in [-0.3, -0.25) is 9.59 Å². The van der Waals surface area contributed by atoms with Crippen LogP contribution in [0.1, 0.15) is 43.6 Å². The maximum Gasteiger partial charge on any atom is 0.273 e. The van der Waals surface area contributed by atoms with E-state index in [0.717, 1.165) is 12.0 Å². The van der Waals surface area contributed by atoms with Gasteiger partial charge in [-0.05, 0) is 25.3 Å². The van der Waals surface area contributed by atoms with Crippen LogP contribution in [-0.4, -0.2) is 59.3 Å². The van der Waals surface area contributed by atoms with Crippen LogP contribution in [0.5, 0.6) is 0 Å². The van der Waals surface area contributed by atoms with Crippen molar-refractivity contribution in [2.45, 2.75) is 45.3 Å². The lowest BCUT2D eigenvalue weighted by molar-refractivity contribution is -0.117. The number of carbonyl (C=O) groups is 2. The Hall–Kier alpha value is -1.77. The van der Waals surface area contributed by atoms with Crippen molar-refractivity contribution in [3.63, 3.8) is 0 Å². The van der Waals surface area contributed by atoms with Gasteiger partial charge in [0.2, 0.25) is 0 Å². The lowest BCUT2D eigenvalue weighted by Crippen LogP contribution is -2.57. The molecule has 27 heavy (non-hydrogen) atoms. The molecule has 2 amide bonds. The maximum absolute atomic E-state index is 12.6. The molecular weight excluding hydrogens is 388 g/mol. The normalized spacial score (nSPS) is 22.8. The number of ether oxygens (including phenoxy) is 1. The van der Waals surface area contributed by atoms with Gasteiger partial charge in [-0.25, -0.2) is 9.98 Å². The lowest BCUT2D eigenvalue weighted by Gasteiger charge is -2.38. The second kappa shape index (κ2) is 8.95. The molecule has 0 spiro atoms. The highest BCUT2D eigenvalue weighted by Crippen LogP contribution is 2.26. The van der Waals surface area contributed by atoms with E-state index >= 15 is 0 Å². The number of aromatic nitrogens is 1. The highest BCUT2D eigenvalue weighted by atomic mass is 35.5. The van der Waals surface area contributed by atoms with Crippen LogP contribution in [0, 0.1) is 0 Å². The fraction of sp³-hybridized carbons (Fsp3) is 0.556. The van der Waals surface area contributed by atoms with Gasteiger partial charge in [0, 0.05) is 31.5 Å². The van der Waals surface area contributed by atoms with Gasteiger partial charge in [-0.1, -0.05) is 18.5 Å². The molecular formula is C18H23ClN4O3S. The largest absolute Gasteiger partial charge is 0.375 e.